The third-order valence-corrected chi connectivity index (χ3v) is 6.30. The Morgan fingerprint density at radius 3 is 2.58 bits per heavy atom. The van der Waals surface area contributed by atoms with Crippen molar-refractivity contribution in [2.75, 3.05) is 49.6 Å². The van der Waals surface area contributed by atoms with Gasteiger partial charge in [-0.15, -0.1) is 0 Å². The van der Waals surface area contributed by atoms with E-state index < -0.39 is 11.7 Å². The van der Waals surface area contributed by atoms with Crippen molar-refractivity contribution in [1.82, 2.24) is 9.88 Å². The molecule has 0 spiro atoms. The average Bonchev–Trinajstić information content (AvgIpc) is 3.14. The van der Waals surface area contributed by atoms with E-state index in [4.69, 9.17) is 21.1 Å². The Balaban J connectivity index is 1.49. The highest BCUT2D eigenvalue weighted by molar-refractivity contribution is 6.34. The second kappa shape index (κ2) is 8.45. The van der Waals surface area contributed by atoms with Crippen LogP contribution < -0.4 is 10.2 Å². The van der Waals surface area contributed by atoms with Gasteiger partial charge in [-0.1, -0.05) is 11.6 Å². The maximum absolute atomic E-state index is 12.1. The number of benzene rings is 1. The SMILES string of the molecule is CC(C)(C)OC(=O)Nc1cc2cc(N3CCN(C4(C)CCOC4)CC3)c(Cl)cc2cn1. The first-order valence-corrected chi connectivity index (χ1v) is 11.2. The van der Waals surface area contributed by atoms with E-state index in [1.54, 1.807) is 6.20 Å². The average molecular weight is 447 g/mol. The van der Waals surface area contributed by atoms with Gasteiger partial charge in [-0.3, -0.25) is 10.2 Å². The fraction of sp³-hybridized carbons (Fsp3) is 0.565. The Morgan fingerprint density at radius 1 is 1.19 bits per heavy atom. The molecule has 1 atom stereocenters. The molecule has 4 rings (SSSR count). The predicted molar refractivity (Wildman–Crippen MR) is 124 cm³/mol. The van der Waals surface area contributed by atoms with Crippen molar-refractivity contribution in [3.05, 3.63) is 29.4 Å². The van der Waals surface area contributed by atoms with Crippen LogP contribution in [0.25, 0.3) is 10.8 Å². The molecule has 0 radical (unpaired) electrons. The number of fused-ring (bicyclic) bond motifs is 1. The Hall–Kier alpha value is -2.09. The third kappa shape index (κ3) is 5.05. The van der Waals surface area contributed by atoms with Crippen LogP contribution in [0, 0.1) is 0 Å². The molecule has 1 N–H and O–H groups in total. The zero-order chi connectivity index (χ0) is 22.2. The first-order valence-electron chi connectivity index (χ1n) is 10.8. The number of ether oxygens (including phenoxy) is 2. The Kier molecular flexibility index (Phi) is 6.03. The maximum Gasteiger partial charge on any atom is 0.413 e. The highest BCUT2D eigenvalue weighted by Gasteiger charge is 2.37. The van der Waals surface area contributed by atoms with E-state index in [2.05, 4.69) is 33.1 Å². The van der Waals surface area contributed by atoms with E-state index in [9.17, 15) is 4.79 Å². The first-order chi connectivity index (χ1) is 14.6. The molecular formula is C23H31ClN4O3. The standard InChI is InChI=1S/C23H31ClN4O3/c1-22(2,3)31-21(29)26-20-13-16-12-19(18(24)11-17(16)14-25-20)27-6-8-28(9-7-27)23(4)5-10-30-15-23/h11-14H,5-10,15H2,1-4H3,(H,25,26,29). The number of pyridine rings is 1. The first kappa shape index (κ1) is 22.1. The van der Waals surface area contributed by atoms with E-state index in [0.29, 0.717) is 10.8 Å². The summed E-state index contributed by atoms with van der Waals surface area (Å²) in [5.74, 6) is 0.453. The van der Waals surface area contributed by atoms with Crippen LogP contribution in [-0.4, -0.2) is 66.5 Å². The summed E-state index contributed by atoms with van der Waals surface area (Å²) < 4.78 is 11.0. The third-order valence-electron chi connectivity index (χ3n) is 6.00. The summed E-state index contributed by atoms with van der Waals surface area (Å²) >= 11 is 6.63. The van der Waals surface area contributed by atoms with E-state index in [0.717, 1.165) is 62.3 Å². The lowest BCUT2D eigenvalue weighted by molar-refractivity contribution is 0.0635. The van der Waals surface area contributed by atoms with Gasteiger partial charge in [0.15, 0.2) is 0 Å². The lowest BCUT2D eigenvalue weighted by Crippen LogP contribution is -2.56. The number of hydrogen-bond acceptors (Lipinski definition) is 6. The predicted octanol–water partition coefficient (Wildman–Crippen LogP) is 4.54. The smallest absolute Gasteiger partial charge is 0.413 e. The van der Waals surface area contributed by atoms with Crippen LogP contribution in [0.3, 0.4) is 0 Å². The van der Waals surface area contributed by atoms with Crippen LogP contribution in [0.4, 0.5) is 16.3 Å². The molecule has 1 aromatic carbocycles. The van der Waals surface area contributed by atoms with Gasteiger partial charge in [0.1, 0.15) is 11.4 Å². The van der Waals surface area contributed by atoms with Crippen molar-refractivity contribution >= 4 is 40.0 Å². The molecule has 0 bridgehead atoms. The van der Waals surface area contributed by atoms with E-state index >= 15 is 0 Å². The quantitative estimate of drug-likeness (QED) is 0.746. The number of nitrogens with one attached hydrogen (secondary N) is 1. The van der Waals surface area contributed by atoms with Crippen LogP contribution in [0.1, 0.15) is 34.1 Å². The number of aromatic nitrogens is 1. The lowest BCUT2D eigenvalue weighted by atomic mass is 9.98. The molecule has 0 aliphatic carbocycles. The number of carbonyl (C=O) groups excluding carboxylic acids is 1. The number of halogens is 1. The Morgan fingerprint density at radius 2 is 1.94 bits per heavy atom. The fourth-order valence-electron chi connectivity index (χ4n) is 4.27. The monoisotopic (exact) mass is 446 g/mol. The summed E-state index contributed by atoms with van der Waals surface area (Å²) in [4.78, 5) is 21.3. The summed E-state index contributed by atoms with van der Waals surface area (Å²) in [7, 11) is 0. The molecule has 2 aliphatic heterocycles. The van der Waals surface area contributed by atoms with Gasteiger partial charge < -0.3 is 14.4 Å². The molecule has 2 aromatic rings. The second-order valence-electron chi connectivity index (χ2n) is 9.62. The number of rotatable bonds is 3. The number of piperazine rings is 1. The highest BCUT2D eigenvalue weighted by atomic mass is 35.5. The molecule has 3 heterocycles. The zero-order valence-electron chi connectivity index (χ0n) is 18.7. The van der Waals surface area contributed by atoms with Crippen molar-refractivity contribution < 1.29 is 14.3 Å². The molecule has 1 amide bonds. The number of nitrogens with zero attached hydrogens (tertiary/aromatic N) is 3. The van der Waals surface area contributed by atoms with Gasteiger partial charge in [-0.2, -0.15) is 0 Å². The lowest BCUT2D eigenvalue weighted by Gasteiger charge is -2.44. The minimum atomic E-state index is -0.564. The minimum absolute atomic E-state index is 0.146. The molecule has 2 aliphatic rings. The molecular weight excluding hydrogens is 416 g/mol. The summed E-state index contributed by atoms with van der Waals surface area (Å²) in [6.45, 7) is 13.2. The van der Waals surface area contributed by atoms with Crippen LogP contribution in [0.2, 0.25) is 5.02 Å². The maximum atomic E-state index is 12.1. The molecule has 1 aromatic heterocycles. The number of hydrogen-bond donors (Lipinski definition) is 1. The van der Waals surface area contributed by atoms with Gasteiger partial charge in [-0.25, -0.2) is 9.78 Å². The van der Waals surface area contributed by atoms with Gasteiger partial charge in [0.2, 0.25) is 0 Å². The van der Waals surface area contributed by atoms with E-state index in [1.807, 2.05) is 32.9 Å². The Labute approximate surface area is 188 Å². The molecule has 2 saturated heterocycles. The summed E-state index contributed by atoms with van der Waals surface area (Å²) in [5.41, 5.74) is 0.592. The van der Waals surface area contributed by atoms with E-state index in [1.165, 1.54) is 0 Å². The van der Waals surface area contributed by atoms with Gasteiger partial charge in [0.05, 0.1) is 17.3 Å². The Bertz CT molecular complexity index is 961. The zero-order valence-corrected chi connectivity index (χ0v) is 19.5. The molecule has 1 unspecified atom stereocenters. The second-order valence-corrected chi connectivity index (χ2v) is 10.0. The van der Waals surface area contributed by atoms with Crippen molar-refractivity contribution in [2.24, 2.45) is 0 Å². The number of amides is 1. The molecule has 7 nitrogen and oxygen atoms in total. The van der Waals surface area contributed by atoms with Crippen LogP contribution in [-0.2, 0) is 9.47 Å². The van der Waals surface area contributed by atoms with Crippen LogP contribution >= 0.6 is 11.6 Å². The molecule has 168 valence electrons. The molecule has 2 fully saturated rings. The molecule has 0 saturated carbocycles. The highest BCUT2D eigenvalue weighted by Crippen LogP contribution is 2.34. The number of carbonyl (C=O) groups is 1. The van der Waals surface area contributed by atoms with Crippen molar-refractivity contribution in [1.29, 1.82) is 0 Å². The van der Waals surface area contributed by atoms with Crippen molar-refractivity contribution in [3.8, 4) is 0 Å². The topological polar surface area (TPSA) is 66.9 Å². The van der Waals surface area contributed by atoms with Gasteiger partial charge >= 0.3 is 6.09 Å². The van der Waals surface area contributed by atoms with Crippen molar-refractivity contribution in [3.63, 3.8) is 0 Å². The van der Waals surface area contributed by atoms with Crippen molar-refractivity contribution in [2.45, 2.75) is 45.3 Å². The molecule has 8 heteroatoms. The number of anilines is 2. The van der Waals surface area contributed by atoms with Crippen LogP contribution in [0.15, 0.2) is 24.4 Å². The van der Waals surface area contributed by atoms with Gasteiger partial charge in [-0.05, 0) is 57.7 Å². The minimum Gasteiger partial charge on any atom is -0.444 e. The van der Waals surface area contributed by atoms with E-state index in [-0.39, 0.29) is 5.54 Å². The summed E-state index contributed by atoms with van der Waals surface area (Å²) in [5, 5.41) is 5.32. The summed E-state index contributed by atoms with van der Waals surface area (Å²) in [6.07, 6.45) is 2.29. The molecule has 31 heavy (non-hydrogen) atoms. The van der Waals surface area contributed by atoms with Crippen LogP contribution in [0.5, 0.6) is 0 Å². The van der Waals surface area contributed by atoms with Gasteiger partial charge in [0.25, 0.3) is 0 Å². The van der Waals surface area contributed by atoms with Gasteiger partial charge in [0, 0.05) is 49.9 Å². The summed E-state index contributed by atoms with van der Waals surface area (Å²) in [6, 6.07) is 5.87. The fourth-order valence-corrected chi connectivity index (χ4v) is 4.56. The largest absolute Gasteiger partial charge is 0.444 e. The normalized spacial score (nSPS) is 22.7.